The summed E-state index contributed by atoms with van der Waals surface area (Å²) in [4.78, 5) is 24.1. The highest BCUT2D eigenvalue weighted by molar-refractivity contribution is 9.10. The lowest BCUT2D eigenvalue weighted by molar-refractivity contribution is 0.0843. The Bertz CT molecular complexity index is 924. The maximum absolute atomic E-state index is 12.9. The number of amides is 2. The quantitative estimate of drug-likeness (QED) is 0.661. The van der Waals surface area contributed by atoms with E-state index in [9.17, 15) is 14.0 Å². The van der Waals surface area contributed by atoms with E-state index in [0.29, 0.717) is 15.7 Å². The zero-order valence-electron chi connectivity index (χ0n) is 12.7. The van der Waals surface area contributed by atoms with Crippen LogP contribution in [0.4, 0.5) is 4.39 Å². The summed E-state index contributed by atoms with van der Waals surface area (Å²) < 4.78 is 15.0. The van der Waals surface area contributed by atoms with Crippen LogP contribution in [0, 0.1) is 5.82 Å². The number of halogens is 2. The van der Waals surface area contributed by atoms with E-state index in [-0.39, 0.29) is 11.5 Å². The Hall–Kier alpha value is -3.00. The fourth-order valence-electron chi connectivity index (χ4n) is 2.07. The normalized spacial score (nSPS) is 10.3. The molecule has 0 saturated heterocycles. The van der Waals surface area contributed by atoms with Gasteiger partial charge in [0.15, 0.2) is 5.69 Å². The Kier molecular flexibility index (Phi) is 4.90. The summed E-state index contributed by atoms with van der Waals surface area (Å²) in [6, 6.07) is 14.0. The van der Waals surface area contributed by atoms with Crippen molar-refractivity contribution in [2.24, 2.45) is 0 Å². The first kappa shape index (κ1) is 16.8. The number of hydrogen-bond acceptors (Lipinski definition) is 3. The van der Waals surface area contributed by atoms with Crippen molar-refractivity contribution in [3.05, 3.63) is 82.3 Å². The summed E-state index contributed by atoms with van der Waals surface area (Å²) in [6.07, 6.45) is 1.57. The van der Waals surface area contributed by atoms with Gasteiger partial charge in [0.05, 0.1) is 11.3 Å². The van der Waals surface area contributed by atoms with Crippen LogP contribution in [-0.4, -0.2) is 21.6 Å². The Labute approximate surface area is 150 Å². The molecule has 6 nitrogen and oxygen atoms in total. The molecule has 0 aliphatic rings. The lowest BCUT2D eigenvalue weighted by Crippen LogP contribution is -2.42. The summed E-state index contributed by atoms with van der Waals surface area (Å²) >= 11 is 3.27. The molecule has 3 aromatic rings. The molecule has 0 saturated carbocycles. The Morgan fingerprint density at radius 3 is 2.36 bits per heavy atom. The third kappa shape index (κ3) is 3.92. The number of benzene rings is 2. The van der Waals surface area contributed by atoms with E-state index in [1.54, 1.807) is 42.6 Å². The molecular weight excluding hydrogens is 391 g/mol. The van der Waals surface area contributed by atoms with Crippen molar-refractivity contribution in [3.8, 4) is 5.69 Å². The second-order valence-corrected chi connectivity index (χ2v) is 5.86. The van der Waals surface area contributed by atoms with Crippen molar-refractivity contribution in [2.75, 3.05) is 0 Å². The van der Waals surface area contributed by atoms with Crippen molar-refractivity contribution in [1.82, 2.24) is 20.6 Å². The minimum atomic E-state index is -0.568. The molecule has 0 unspecified atom stereocenters. The van der Waals surface area contributed by atoms with Gasteiger partial charge in [-0.2, -0.15) is 5.10 Å². The summed E-state index contributed by atoms with van der Waals surface area (Å²) in [5, 5.41) is 4.10. The number of rotatable bonds is 3. The molecule has 0 radical (unpaired) electrons. The van der Waals surface area contributed by atoms with E-state index in [4.69, 9.17) is 0 Å². The molecule has 126 valence electrons. The Morgan fingerprint density at radius 2 is 1.64 bits per heavy atom. The number of carbonyl (C=O) groups is 2. The minimum Gasteiger partial charge on any atom is -0.267 e. The minimum absolute atomic E-state index is 0.108. The van der Waals surface area contributed by atoms with Crippen LogP contribution in [0.3, 0.4) is 0 Å². The van der Waals surface area contributed by atoms with Crippen molar-refractivity contribution >= 4 is 27.7 Å². The van der Waals surface area contributed by atoms with E-state index in [0.717, 1.165) is 0 Å². The molecule has 0 bridgehead atoms. The SMILES string of the molecule is O=C(NNC(=O)c1ccccc1Br)c1ccn(-c2ccc(F)cc2)n1. The third-order valence-electron chi connectivity index (χ3n) is 3.32. The molecule has 25 heavy (non-hydrogen) atoms. The first-order valence-corrected chi connectivity index (χ1v) is 8.01. The predicted octanol–water partition coefficient (Wildman–Crippen LogP) is 2.85. The number of carbonyl (C=O) groups excluding carboxylic acids is 2. The molecule has 2 amide bonds. The van der Waals surface area contributed by atoms with Crippen LogP contribution in [0.1, 0.15) is 20.8 Å². The molecule has 8 heteroatoms. The zero-order chi connectivity index (χ0) is 17.8. The first-order valence-electron chi connectivity index (χ1n) is 7.21. The van der Waals surface area contributed by atoms with Crippen LogP contribution in [0.25, 0.3) is 5.69 Å². The number of aromatic nitrogens is 2. The molecule has 0 aliphatic heterocycles. The van der Waals surface area contributed by atoms with Crippen molar-refractivity contribution in [2.45, 2.75) is 0 Å². The van der Waals surface area contributed by atoms with Gasteiger partial charge >= 0.3 is 0 Å². The van der Waals surface area contributed by atoms with Gasteiger partial charge in [-0.1, -0.05) is 12.1 Å². The number of nitrogens with zero attached hydrogens (tertiary/aromatic N) is 2. The average Bonchev–Trinajstić information content (AvgIpc) is 3.10. The lowest BCUT2D eigenvalue weighted by atomic mass is 10.2. The van der Waals surface area contributed by atoms with Gasteiger partial charge in [0, 0.05) is 10.7 Å². The fourth-order valence-corrected chi connectivity index (χ4v) is 2.54. The zero-order valence-corrected chi connectivity index (χ0v) is 14.3. The van der Waals surface area contributed by atoms with Crippen LogP contribution < -0.4 is 10.9 Å². The number of nitrogens with one attached hydrogen (secondary N) is 2. The van der Waals surface area contributed by atoms with Gasteiger partial charge in [-0.25, -0.2) is 9.07 Å². The van der Waals surface area contributed by atoms with E-state index in [1.165, 1.54) is 22.9 Å². The topological polar surface area (TPSA) is 76.0 Å². The average molecular weight is 403 g/mol. The van der Waals surface area contributed by atoms with Crippen LogP contribution >= 0.6 is 15.9 Å². The fraction of sp³-hybridized carbons (Fsp3) is 0. The van der Waals surface area contributed by atoms with E-state index < -0.39 is 11.8 Å². The summed E-state index contributed by atoms with van der Waals surface area (Å²) in [5.41, 5.74) is 5.74. The molecule has 0 atom stereocenters. The molecule has 2 aromatic carbocycles. The lowest BCUT2D eigenvalue weighted by Gasteiger charge is -2.07. The van der Waals surface area contributed by atoms with Crippen LogP contribution in [0.5, 0.6) is 0 Å². The van der Waals surface area contributed by atoms with Gasteiger partial charge in [0.25, 0.3) is 11.8 Å². The highest BCUT2D eigenvalue weighted by atomic mass is 79.9. The van der Waals surface area contributed by atoms with Gasteiger partial charge in [-0.3, -0.25) is 20.4 Å². The second-order valence-electron chi connectivity index (χ2n) is 5.01. The van der Waals surface area contributed by atoms with Crippen molar-refractivity contribution < 1.29 is 14.0 Å². The molecule has 2 N–H and O–H groups in total. The number of hydrogen-bond donors (Lipinski definition) is 2. The van der Waals surface area contributed by atoms with Gasteiger partial charge in [-0.15, -0.1) is 0 Å². The largest absolute Gasteiger partial charge is 0.290 e. The first-order chi connectivity index (χ1) is 12.0. The summed E-state index contributed by atoms with van der Waals surface area (Å²) in [7, 11) is 0. The number of hydrazine groups is 1. The molecule has 1 heterocycles. The smallest absolute Gasteiger partial charge is 0.267 e. The van der Waals surface area contributed by atoms with Crippen LogP contribution in [0.15, 0.2) is 65.3 Å². The van der Waals surface area contributed by atoms with Gasteiger partial charge in [0.1, 0.15) is 5.82 Å². The van der Waals surface area contributed by atoms with Gasteiger partial charge in [0.2, 0.25) is 0 Å². The molecule has 3 rings (SSSR count). The molecule has 0 spiro atoms. The summed E-state index contributed by atoms with van der Waals surface area (Å²) in [6.45, 7) is 0. The maximum atomic E-state index is 12.9. The molecule has 1 aromatic heterocycles. The monoisotopic (exact) mass is 402 g/mol. The standard InChI is InChI=1S/C17H12BrFN4O2/c18-14-4-2-1-3-13(14)16(24)20-21-17(25)15-9-10-23(22-15)12-7-5-11(19)6-8-12/h1-10H,(H,20,24)(H,21,25). The predicted molar refractivity (Wildman–Crippen MR) is 92.6 cm³/mol. The summed E-state index contributed by atoms with van der Waals surface area (Å²) in [5.74, 6) is -1.39. The second kappa shape index (κ2) is 7.27. The van der Waals surface area contributed by atoms with E-state index in [1.807, 2.05) is 0 Å². The van der Waals surface area contributed by atoms with E-state index >= 15 is 0 Å². The van der Waals surface area contributed by atoms with Crippen LogP contribution in [-0.2, 0) is 0 Å². The van der Waals surface area contributed by atoms with Gasteiger partial charge < -0.3 is 0 Å². The molecular formula is C17H12BrFN4O2. The molecule has 0 aliphatic carbocycles. The Morgan fingerprint density at radius 1 is 0.960 bits per heavy atom. The van der Waals surface area contributed by atoms with Gasteiger partial charge in [-0.05, 0) is 58.4 Å². The molecule has 0 fully saturated rings. The van der Waals surface area contributed by atoms with E-state index in [2.05, 4.69) is 31.9 Å². The van der Waals surface area contributed by atoms with Crippen molar-refractivity contribution in [1.29, 1.82) is 0 Å². The highest BCUT2D eigenvalue weighted by Crippen LogP contribution is 2.15. The third-order valence-corrected chi connectivity index (χ3v) is 4.01. The Balaban J connectivity index is 1.65. The maximum Gasteiger partial charge on any atom is 0.290 e. The van der Waals surface area contributed by atoms with Crippen LogP contribution in [0.2, 0.25) is 0 Å². The highest BCUT2D eigenvalue weighted by Gasteiger charge is 2.13. The van der Waals surface area contributed by atoms with Crippen molar-refractivity contribution in [3.63, 3.8) is 0 Å².